The van der Waals surface area contributed by atoms with Gasteiger partial charge in [0, 0.05) is 35.9 Å². The highest BCUT2D eigenvalue weighted by molar-refractivity contribution is 5.97. The van der Waals surface area contributed by atoms with Crippen molar-refractivity contribution < 1.29 is 14.6 Å². The number of hydrogen-bond acceptors (Lipinski definition) is 5. The monoisotopic (exact) mass is 382 g/mol. The molecular formula is C20H22N4O4. The number of aliphatic hydroxyl groups is 1. The minimum Gasteiger partial charge on any atom is -0.497 e. The lowest BCUT2D eigenvalue weighted by molar-refractivity contribution is 0.0235. The quantitative estimate of drug-likeness (QED) is 0.620. The number of fused-ring (bicyclic) bond motifs is 1. The van der Waals surface area contributed by atoms with Crippen molar-refractivity contribution in [3.05, 3.63) is 58.1 Å². The zero-order valence-corrected chi connectivity index (χ0v) is 15.7. The number of hydrogen-bond donors (Lipinski definition) is 3. The van der Waals surface area contributed by atoms with E-state index in [1.807, 2.05) is 6.20 Å². The fourth-order valence-corrected chi connectivity index (χ4v) is 3.69. The molecule has 0 saturated heterocycles. The van der Waals surface area contributed by atoms with Gasteiger partial charge in [0.05, 0.1) is 25.5 Å². The smallest absolute Gasteiger partial charge is 0.257 e. The number of benzene rings is 1. The maximum Gasteiger partial charge on any atom is 0.257 e. The van der Waals surface area contributed by atoms with Crippen LogP contribution in [0.3, 0.4) is 0 Å². The zero-order chi connectivity index (χ0) is 19.8. The predicted molar refractivity (Wildman–Crippen MR) is 103 cm³/mol. The number of H-pyrrole nitrogens is 1. The summed E-state index contributed by atoms with van der Waals surface area (Å²) in [4.78, 5) is 28.8. The number of aromatic nitrogens is 3. The first-order chi connectivity index (χ1) is 13.5. The number of carbonyl (C=O) groups excluding carboxylic acids is 1. The molecule has 1 aliphatic rings. The van der Waals surface area contributed by atoms with E-state index in [2.05, 4.69) is 15.4 Å². The summed E-state index contributed by atoms with van der Waals surface area (Å²) in [7, 11) is 3.33. The lowest BCUT2D eigenvalue weighted by atomic mass is 9.75. The molecule has 0 unspecified atom stereocenters. The first-order valence-corrected chi connectivity index (χ1v) is 9.13. The van der Waals surface area contributed by atoms with Crippen LogP contribution in [0.2, 0.25) is 0 Å². The minimum absolute atomic E-state index is 0.0366. The van der Waals surface area contributed by atoms with Gasteiger partial charge in [-0.1, -0.05) is 0 Å². The van der Waals surface area contributed by atoms with Crippen LogP contribution in [0.25, 0.3) is 10.9 Å². The summed E-state index contributed by atoms with van der Waals surface area (Å²) in [6, 6.07) is 4.79. The molecule has 1 saturated carbocycles. The molecule has 4 rings (SSSR count). The van der Waals surface area contributed by atoms with Gasteiger partial charge in [-0.2, -0.15) is 5.10 Å². The average Bonchev–Trinajstić information content (AvgIpc) is 3.10. The highest BCUT2D eigenvalue weighted by Crippen LogP contribution is 2.38. The van der Waals surface area contributed by atoms with Crippen LogP contribution < -0.4 is 15.5 Å². The lowest BCUT2D eigenvalue weighted by Gasteiger charge is -2.37. The van der Waals surface area contributed by atoms with Gasteiger partial charge >= 0.3 is 0 Å². The summed E-state index contributed by atoms with van der Waals surface area (Å²) in [5.74, 6) is 0.191. The molecule has 3 N–H and O–H groups in total. The molecule has 1 atom stereocenters. The van der Waals surface area contributed by atoms with Gasteiger partial charge in [-0.3, -0.25) is 14.3 Å². The molecule has 0 spiro atoms. The molecule has 2 aromatic heterocycles. The molecule has 0 bridgehead atoms. The summed E-state index contributed by atoms with van der Waals surface area (Å²) < 4.78 is 6.85. The molecule has 1 aromatic carbocycles. The normalized spacial score (nSPS) is 19.8. The van der Waals surface area contributed by atoms with Crippen LogP contribution >= 0.6 is 0 Å². The number of nitrogens with zero attached hydrogens (tertiary/aromatic N) is 2. The van der Waals surface area contributed by atoms with Crippen molar-refractivity contribution in [1.29, 1.82) is 0 Å². The molecular weight excluding hydrogens is 360 g/mol. The van der Waals surface area contributed by atoms with Gasteiger partial charge in [-0.05, 0) is 37.0 Å². The average molecular weight is 382 g/mol. The largest absolute Gasteiger partial charge is 0.497 e. The number of pyridine rings is 1. The summed E-state index contributed by atoms with van der Waals surface area (Å²) in [6.45, 7) is 0. The van der Waals surface area contributed by atoms with Gasteiger partial charge < -0.3 is 20.1 Å². The van der Waals surface area contributed by atoms with E-state index in [0.29, 0.717) is 29.5 Å². The van der Waals surface area contributed by atoms with Crippen molar-refractivity contribution >= 4 is 16.8 Å². The van der Waals surface area contributed by atoms with Crippen LogP contribution in [0.1, 0.15) is 34.8 Å². The Hall–Kier alpha value is -3.13. The number of amides is 1. The van der Waals surface area contributed by atoms with Crippen molar-refractivity contribution in [3.63, 3.8) is 0 Å². The van der Waals surface area contributed by atoms with E-state index >= 15 is 0 Å². The minimum atomic E-state index is -0.457. The van der Waals surface area contributed by atoms with E-state index in [-0.39, 0.29) is 29.1 Å². The number of ether oxygens (including phenoxy) is 1. The number of carbonyl (C=O) groups is 1. The predicted octanol–water partition coefficient (Wildman–Crippen LogP) is 1.51. The zero-order valence-electron chi connectivity index (χ0n) is 15.7. The molecule has 3 aromatic rings. The van der Waals surface area contributed by atoms with Crippen molar-refractivity contribution in [2.45, 2.75) is 25.0 Å². The second-order valence-corrected chi connectivity index (χ2v) is 7.23. The maximum absolute atomic E-state index is 12.9. The van der Waals surface area contributed by atoms with Crippen LogP contribution in [0, 0.1) is 5.92 Å². The van der Waals surface area contributed by atoms with Gasteiger partial charge in [0.1, 0.15) is 11.3 Å². The Morgan fingerprint density at radius 3 is 2.86 bits per heavy atom. The number of rotatable bonds is 5. The molecule has 1 fully saturated rings. The SMILES string of the molecule is COc1ccc2[nH]cc(C(=O)N[C@@H](c3cnn(C)c3)C3CC(O)C3)c(=O)c2c1. The maximum atomic E-state index is 12.9. The summed E-state index contributed by atoms with van der Waals surface area (Å²) in [5, 5.41) is 17.2. The first-order valence-electron chi connectivity index (χ1n) is 9.13. The van der Waals surface area contributed by atoms with Gasteiger partial charge in [0.2, 0.25) is 5.43 Å². The summed E-state index contributed by atoms with van der Waals surface area (Å²) >= 11 is 0. The van der Waals surface area contributed by atoms with Crippen molar-refractivity contribution in [2.24, 2.45) is 13.0 Å². The third kappa shape index (κ3) is 3.27. The number of aliphatic hydroxyl groups excluding tert-OH is 1. The van der Waals surface area contributed by atoms with Gasteiger partial charge in [-0.15, -0.1) is 0 Å². The van der Waals surface area contributed by atoms with E-state index in [1.54, 1.807) is 36.1 Å². The standard InChI is InChI=1S/C20H22N4O4/c1-24-10-12(8-22-24)18(11-5-13(25)6-11)23-20(27)16-9-21-17-4-3-14(28-2)7-15(17)19(16)26/h3-4,7-11,13,18,25H,5-6H2,1-2H3,(H,21,26)(H,23,27)/t11?,13?,18-/m1/s1. The van der Waals surface area contributed by atoms with Crippen molar-refractivity contribution in [3.8, 4) is 5.75 Å². The number of nitrogens with one attached hydrogen (secondary N) is 2. The fraction of sp³-hybridized carbons (Fsp3) is 0.350. The fourth-order valence-electron chi connectivity index (χ4n) is 3.69. The summed E-state index contributed by atoms with van der Waals surface area (Å²) in [6.07, 6.45) is 5.83. The number of aryl methyl sites for hydroxylation is 1. The molecule has 28 heavy (non-hydrogen) atoms. The molecule has 8 nitrogen and oxygen atoms in total. The Morgan fingerprint density at radius 1 is 1.43 bits per heavy atom. The molecule has 2 heterocycles. The molecule has 0 aliphatic heterocycles. The van der Waals surface area contributed by atoms with Crippen LogP contribution in [-0.4, -0.2) is 39.0 Å². The highest BCUT2D eigenvalue weighted by atomic mass is 16.5. The number of aromatic amines is 1. The topological polar surface area (TPSA) is 109 Å². The highest BCUT2D eigenvalue weighted by Gasteiger charge is 2.36. The molecule has 146 valence electrons. The Labute approximate surface area is 161 Å². The molecule has 1 aliphatic carbocycles. The van der Waals surface area contributed by atoms with Crippen LogP contribution in [-0.2, 0) is 7.05 Å². The van der Waals surface area contributed by atoms with E-state index < -0.39 is 5.91 Å². The van der Waals surface area contributed by atoms with E-state index in [0.717, 1.165) is 5.56 Å². The first kappa shape index (κ1) is 18.2. The third-order valence-corrected chi connectivity index (χ3v) is 5.32. The van der Waals surface area contributed by atoms with Crippen LogP contribution in [0.4, 0.5) is 0 Å². The Balaban J connectivity index is 1.66. The van der Waals surface area contributed by atoms with Crippen molar-refractivity contribution in [1.82, 2.24) is 20.1 Å². The molecule has 1 amide bonds. The lowest BCUT2D eigenvalue weighted by Crippen LogP contribution is -2.42. The van der Waals surface area contributed by atoms with Crippen molar-refractivity contribution in [2.75, 3.05) is 7.11 Å². The van der Waals surface area contributed by atoms with E-state index in [4.69, 9.17) is 4.74 Å². The van der Waals surface area contributed by atoms with Gasteiger partial charge in [0.15, 0.2) is 0 Å². The molecule has 0 radical (unpaired) electrons. The third-order valence-electron chi connectivity index (χ3n) is 5.32. The Kier molecular flexibility index (Phi) is 4.64. The second-order valence-electron chi connectivity index (χ2n) is 7.23. The van der Waals surface area contributed by atoms with Crippen LogP contribution in [0.15, 0.2) is 41.6 Å². The van der Waals surface area contributed by atoms with Gasteiger partial charge in [-0.25, -0.2) is 0 Å². The summed E-state index contributed by atoms with van der Waals surface area (Å²) in [5.41, 5.74) is 1.16. The molecule has 8 heteroatoms. The van der Waals surface area contributed by atoms with E-state index in [1.165, 1.54) is 13.3 Å². The van der Waals surface area contributed by atoms with E-state index in [9.17, 15) is 14.7 Å². The van der Waals surface area contributed by atoms with Gasteiger partial charge in [0.25, 0.3) is 5.91 Å². The number of methoxy groups -OCH3 is 1. The Bertz CT molecular complexity index is 1080. The Morgan fingerprint density at radius 2 is 2.21 bits per heavy atom. The van der Waals surface area contributed by atoms with Crippen LogP contribution in [0.5, 0.6) is 5.75 Å². The second kappa shape index (κ2) is 7.12.